The van der Waals surface area contributed by atoms with E-state index in [4.69, 9.17) is 0 Å². The van der Waals surface area contributed by atoms with Crippen LogP contribution in [0.1, 0.15) is 18.4 Å². The van der Waals surface area contributed by atoms with Crippen LogP contribution < -0.4 is 0 Å². The van der Waals surface area contributed by atoms with E-state index in [0.29, 0.717) is 19.4 Å². The highest BCUT2D eigenvalue weighted by molar-refractivity contribution is 5.85. The minimum Gasteiger partial charge on any atom is -0.480 e. The molecule has 0 bridgehead atoms. The van der Waals surface area contributed by atoms with Crippen molar-refractivity contribution in [3.05, 3.63) is 35.9 Å². The van der Waals surface area contributed by atoms with Gasteiger partial charge in [-0.1, -0.05) is 30.3 Å². The Labute approximate surface area is 99.9 Å². The van der Waals surface area contributed by atoms with Crippen LogP contribution in [-0.4, -0.2) is 34.5 Å². The Bertz CT molecular complexity index is 416. The van der Waals surface area contributed by atoms with Crippen molar-refractivity contribution in [1.29, 1.82) is 0 Å². The van der Waals surface area contributed by atoms with Crippen LogP contribution in [0.4, 0.5) is 0 Å². The van der Waals surface area contributed by atoms with Crippen molar-refractivity contribution in [2.24, 2.45) is 0 Å². The fourth-order valence-corrected chi connectivity index (χ4v) is 2.17. The number of hydrogen-bond donors (Lipinski definition) is 1. The first-order chi connectivity index (χ1) is 8.18. The van der Waals surface area contributed by atoms with E-state index in [1.165, 1.54) is 4.90 Å². The Balaban J connectivity index is 2.13. The summed E-state index contributed by atoms with van der Waals surface area (Å²) in [5, 5.41) is 9.22. The number of rotatable bonds is 4. The first-order valence-electron chi connectivity index (χ1n) is 5.74. The maximum Gasteiger partial charge on any atom is 0.326 e. The maximum atomic E-state index is 11.6. The zero-order valence-electron chi connectivity index (χ0n) is 9.50. The van der Waals surface area contributed by atoms with Gasteiger partial charge in [0.2, 0.25) is 5.91 Å². The molecule has 1 fully saturated rings. The molecule has 0 radical (unpaired) electrons. The number of hydrogen-bond acceptors (Lipinski definition) is 2. The first kappa shape index (κ1) is 11.6. The Morgan fingerprint density at radius 3 is 2.59 bits per heavy atom. The second-order valence-electron chi connectivity index (χ2n) is 4.23. The summed E-state index contributed by atoms with van der Waals surface area (Å²) >= 11 is 0. The molecule has 4 heteroatoms. The molecule has 1 aliphatic rings. The number of benzene rings is 1. The Morgan fingerprint density at radius 2 is 2.06 bits per heavy atom. The highest BCUT2D eigenvalue weighted by atomic mass is 16.4. The molecule has 0 spiro atoms. The maximum absolute atomic E-state index is 11.6. The number of nitrogens with zero attached hydrogens (tertiary/aromatic N) is 1. The van der Waals surface area contributed by atoms with Gasteiger partial charge < -0.3 is 10.0 Å². The zero-order valence-corrected chi connectivity index (χ0v) is 9.50. The van der Waals surface area contributed by atoms with Gasteiger partial charge >= 0.3 is 5.97 Å². The van der Waals surface area contributed by atoms with Crippen LogP contribution in [0, 0.1) is 0 Å². The molecule has 1 heterocycles. The zero-order chi connectivity index (χ0) is 12.3. The van der Waals surface area contributed by atoms with Gasteiger partial charge in [-0.15, -0.1) is 0 Å². The molecule has 1 aromatic rings. The lowest BCUT2D eigenvalue weighted by atomic mass is 10.1. The highest BCUT2D eigenvalue weighted by Crippen LogP contribution is 2.17. The summed E-state index contributed by atoms with van der Waals surface area (Å²) in [6.45, 7) is 0.558. The van der Waals surface area contributed by atoms with Gasteiger partial charge in [0, 0.05) is 19.4 Å². The SMILES string of the molecule is O=C(O)C(Cc1ccccc1)N1CCCC1=O. The quantitative estimate of drug-likeness (QED) is 0.852. The number of carboxylic acid groups (broad SMARTS) is 1. The van der Waals surface area contributed by atoms with E-state index in [-0.39, 0.29) is 5.91 Å². The second kappa shape index (κ2) is 4.99. The van der Waals surface area contributed by atoms with Crippen LogP contribution in [-0.2, 0) is 16.0 Å². The monoisotopic (exact) mass is 233 g/mol. The van der Waals surface area contributed by atoms with Crippen LogP contribution in [0.5, 0.6) is 0 Å². The van der Waals surface area contributed by atoms with Gasteiger partial charge in [-0.3, -0.25) is 4.79 Å². The fourth-order valence-electron chi connectivity index (χ4n) is 2.17. The first-order valence-corrected chi connectivity index (χ1v) is 5.74. The summed E-state index contributed by atoms with van der Waals surface area (Å²) in [6.07, 6.45) is 1.61. The molecule has 0 aromatic heterocycles. The van der Waals surface area contributed by atoms with Crippen LogP contribution in [0.25, 0.3) is 0 Å². The molecule has 17 heavy (non-hydrogen) atoms. The van der Waals surface area contributed by atoms with Crippen LogP contribution in [0.3, 0.4) is 0 Å². The predicted octanol–water partition coefficient (Wildman–Crippen LogP) is 1.30. The molecule has 0 saturated carbocycles. The van der Waals surface area contributed by atoms with Crippen molar-refractivity contribution >= 4 is 11.9 Å². The Morgan fingerprint density at radius 1 is 1.35 bits per heavy atom. The van der Waals surface area contributed by atoms with Crippen LogP contribution in [0.15, 0.2) is 30.3 Å². The lowest BCUT2D eigenvalue weighted by molar-refractivity contribution is -0.148. The molecule has 0 aliphatic carbocycles. The van der Waals surface area contributed by atoms with E-state index in [9.17, 15) is 14.7 Å². The Kier molecular flexibility index (Phi) is 3.42. The molecule has 1 amide bonds. The van der Waals surface area contributed by atoms with E-state index in [0.717, 1.165) is 12.0 Å². The minimum atomic E-state index is -0.927. The van der Waals surface area contributed by atoms with Gasteiger partial charge in [-0.2, -0.15) is 0 Å². The minimum absolute atomic E-state index is 0.0478. The number of aliphatic carboxylic acids is 1. The van der Waals surface area contributed by atoms with E-state index < -0.39 is 12.0 Å². The third-order valence-corrected chi connectivity index (χ3v) is 3.04. The van der Waals surface area contributed by atoms with Crippen LogP contribution >= 0.6 is 0 Å². The third kappa shape index (κ3) is 2.64. The molecule has 4 nitrogen and oxygen atoms in total. The smallest absolute Gasteiger partial charge is 0.326 e. The summed E-state index contributed by atoms with van der Waals surface area (Å²) in [4.78, 5) is 24.3. The van der Waals surface area contributed by atoms with Crippen molar-refractivity contribution in [3.63, 3.8) is 0 Å². The van der Waals surface area contributed by atoms with E-state index in [1.807, 2.05) is 30.3 Å². The van der Waals surface area contributed by atoms with Gasteiger partial charge in [0.15, 0.2) is 0 Å². The van der Waals surface area contributed by atoms with Crippen molar-refractivity contribution in [2.45, 2.75) is 25.3 Å². The van der Waals surface area contributed by atoms with Gasteiger partial charge in [0.1, 0.15) is 6.04 Å². The molecule has 1 unspecified atom stereocenters. The summed E-state index contributed by atoms with van der Waals surface area (Å²) in [5.41, 5.74) is 0.944. The topological polar surface area (TPSA) is 57.6 Å². The van der Waals surface area contributed by atoms with Crippen molar-refractivity contribution in [2.75, 3.05) is 6.54 Å². The highest BCUT2D eigenvalue weighted by Gasteiger charge is 2.32. The molecule has 1 saturated heterocycles. The lowest BCUT2D eigenvalue weighted by Gasteiger charge is -2.24. The molecular formula is C13H15NO3. The Hall–Kier alpha value is -1.84. The second-order valence-corrected chi connectivity index (χ2v) is 4.23. The summed E-state index contributed by atoms with van der Waals surface area (Å²) in [6, 6.07) is 8.68. The summed E-state index contributed by atoms with van der Waals surface area (Å²) < 4.78 is 0. The summed E-state index contributed by atoms with van der Waals surface area (Å²) in [7, 11) is 0. The largest absolute Gasteiger partial charge is 0.480 e. The normalized spacial score (nSPS) is 17.2. The van der Waals surface area contributed by atoms with Gasteiger partial charge in [-0.05, 0) is 12.0 Å². The molecule has 1 N–H and O–H groups in total. The lowest BCUT2D eigenvalue weighted by Crippen LogP contribution is -2.43. The van der Waals surface area contributed by atoms with Gasteiger partial charge in [0.05, 0.1) is 0 Å². The number of carbonyl (C=O) groups is 2. The predicted molar refractivity (Wildman–Crippen MR) is 62.5 cm³/mol. The number of carboxylic acids is 1. The number of likely N-dealkylation sites (tertiary alicyclic amines) is 1. The van der Waals surface area contributed by atoms with E-state index in [2.05, 4.69) is 0 Å². The summed E-state index contributed by atoms with van der Waals surface area (Å²) in [5.74, 6) is -0.975. The van der Waals surface area contributed by atoms with Crippen molar-refractivity contribution in [3.8, 4) is 0 Å². The average Bonchev–Trinajstić information content (AvgIpc) is 2.73. The molecule has 90 valence electrons. The number of carbonyl (C=O) groups excluding carboxylic acids is 1. The van der Waals surface area contributed by atoms with E-state index in [1.54, 1.807) is 0 Å². The number of amides is 1. The molecule has 1 aliphatic heterocycles. The van der Waals surface area contributed by atoms with Gasteiger partial charge in [0.25, 0.3) is 0 Å². The molecule has 1 aromatic carbocycles. The standard InChI is InChI=1S/C13H15NO3/c15-12-7-4-8-14(12)11(13(16)17)9-10-5-2-1-3-6-10/h1-3,5-6,11H,4,7-9H2,(H,16,17). The van der Waals surface area contributed by atoms with E-state index >= 15 is 0 Å². The molecule has 2 rings (SSSR count). The van der Waals surface area contributed by atoms with Gasteiger partial charge in [-0.25, -0.2) is 4.79 Å². The molecule has 1 atom stereocenters. The van der Waals surface area contributed by atoms with Crippen molar-refractivity contribution in [1.82, 2.24) is 4.90 Å². The van der Waals surface area contributed by atoms with Crippen LogP contribution in [0.2, 0.25) is 0 Å². The molecular weight excluding hydrogens is 218 g/mol. The van der Waals surface area contributed by atoms with Crippen molar-refractivity contribution < 1.29 is 14.7 Å². The third-order valence-electron chi connectivity index (χ3n) is 3.04. The fraction of sp³-hybridized carbons (Fsp3) is 0.385. The average molecular weight is 233 g/mol.